The molecule has 0 bridgehead atoms. The zero-order valence-electron chi connectivity index (χ0n) is 19.7. The second kappa shape index (κ2) is 12.9. The molecule has 2 nitrogen and oxygen atoms in total. The number of benzene rings is 1. The Morgan fingerprint density at radius 1 is 0.839 bits per heavy atom. The van der Waals surface area contributed by atoms with Gasteiger partial charge in [0.2, 0.25) is 0 Å². The van der Waals surface area contributed by atoms with Crippen LogP contribution in [0.2, 0.25) is 0 Å². The van der Waals surface area contributed by atoms with Crippen molar-refractivity contribution in [1.29, 1.82) is 0 Å². The van der Waals surface area contributed by atoms with Gasteiger partial charge in [-0.2, -0.15) is 0 Å². The topological polar surface area (TPSA) is 25.8 Å². The second-order valence-electron chi connectivity index (χ2n) is 9.52. The summed E-state index contributed by atoms with van der Waals surface area (Å²) in [5.74, 6) is 2.00. The molecule has 2 aromatic rings. The molecular formula is C28H41FN2. The molecule has 1 aliphatic carbocycles. The number of aromatic nitrogens is 2. The third-order valence-corrected chi connectivity index (χ3v) is 7.07. The highest BCUT2D eigenvalue weighted by Crippen LogP contribution is 2.37. The quantitative estimate of drug-likeness (QED) is 0.319. The minimum atomic E-state index is -0.126. The third-order valence-electron chi connectivity index (χ3n) is 7.07. The molecule has 0 amide bonds. The summed E-state index contributed by atoms with van der Waals surface area (Å²) in [6, 6.07) is 5.49. The average Bonchev–Trinajstić information content (AvgIpc) is 2.81. The maximum Gasteiger partial charge on any atom is 0.159 e. The van der Waals surface area contributed by atoms with E-state index in [1.807, 2.05) is 24.5 Å². The van der Waals surface area contributed by atoms with E-state index in [1.165, 1.54) is 82.6 Å². The lowest BCUT2D eigenvalue weighted by Crippen LogP contribution is -2.14. The van der Waals surface area contributed by atoms with Gasteiger partial charge in [0.15, 0.2) is 5.82 Å². The summed E-state index contributed by atoms with van der Waals surface area (Å²) in [5, 5.41) is 0. The molecule has 3 rings (SSSR count). The van der Waals surface area contributed by atoms with Gasteiger partial charge in [-0.25, -0.2) is 14.4 Å². The van der Waals surface area contributed by atoms with Crippen LogP contribution in [0.4, 0.5) is 4.39 Å². The molecule has 1 heterocycles. The van der Waals surface area contributed by atoms with Crippen LogP contribution in [0.25, 0.3) is 11.4 Å². The van der Waals surface area contributed by atoms with Gasteiger partial charge in [0, 0.05) is 18.0 Å². The summed E-state index contributed by atoms with van der Waals surface area (Å²) >= 11 is 0. The largest absolute Gasteiger partial charge is 0.236 e. The molecule has 1 aromatic carbocycles. The molecule has 31 heavy (non-hydrogen) atoms. The summed E-state index contributed by atoms with van der Waals surface area (Å²) in [5.41, 5.74) is 2.83. The van der Waals surface area contributed by atoms with Gasteiger partial charge >= 0.3 is 0 Å². The second-order valence-corrected chi connectivity index (χ2v) is 9.52. The van der Waals surface area contributed by atoms with Gasteiger partial charge in [0.25, 0.3) is 0 Å². The van der Waals surface area contributed by atoms with Gasteiger partial charge in [-0.1, -0.05) is 77.3 Å². The van der Waals surface area contributed by atoms with E-state index in [1.54, 1.807) is 6.07 Å². The van der Waals surface area contributed by atoms with Crippen molar-refractivity contribution in [2.24, 2.45) is 5.92 Å². The Kier molecular flexibility index (Phi) is 9.96. The molecule has 1 aromatic heterocycles. The first kappa shape index (κ1) is 23.9. The van der Waals surface area contributed by atoms with Crippen LogP contribution in [-0.4, -0.2) is 9.97 Å². The van der Waals surface area contributed by atoms with Gasteiger partial charge in [0.05, 0.1) is 0 Å². The van der Waals surface area contributed by atoms with Crippen LogP contribution in [0.5, 0.6) is 0 Å². The minimum absolute atomic E-state index is 0.126. The first-order chi connectivity index (χ1) is 15.2. The Bertz CT molecular complexity index is 763. The van der Waals surface area contributed by atoms with Crippen LogP contribution < -0.4 is 0 Å². The SMILES string of the molecule is CCCCCCc1ccc(-c2ncc([C@H]3CC[C@H](CCCCCC)CC3)cn2)cc1F. The highest BCUT2D eigenvalue weighted by atomic mass is 19.1. The van der Waals surface area contributed by atoms with Gasteiger partial charge in [-0.3, -0.25) is 0 Å². The predicted molar refractivity (Wildman–Crippen MR) is 129 cm³/mol. The van der Waals surface area contributed by atoms with Crippen molar-refractivity contribution in [3.05, 3.63) is 47.5 Å². The molecule has 3 heteroatoms. The predicted octanol–water partition coefficient (Wildman–Crippen LogP) is 8.65. The van der Waals surface area contributed by atoms with Crippen LogP contribution in [0, 0.1) is 11.7 Å². The zero-order chi connectivity index (χ0) is 21.9. The smallest absolute Gasteiger partial charge is 0.159 e. The van der Waals surface area contributed by atoms with Gasteiger partial charge in [-0.15, -0.1) is 0 Å². The Balaban J connectivity index is 1.50. The van der Waals surface area contributed by atoms with E-state index in [9.17, 15) is 4.39 Å². The molecule has 0 saturated heterocycles. The van der Waals surface area contributed by atoms with Gasteiger partial charge in [-0.05, 0) is 67.6 Å². The van der Waals surface area contributed by atoms with Crippen molar-refractivity contribution in [1.82, 2.24) is 9.97 Å². The number of aryl methyl sites for hydroxylation is 1. The maximum atomic E-state index is 14.5. The van der Waals surface area contributed by atoms with E-state index in [2.05, 4.69) is 23.8 Å². The Morgan fingerprint density at radius 3 is 2.16 bits per heavy atom. The van der Waals surface area contributed by atoms with Gasteiger partial charge in [0.1, 0.15) is 5.82 Å². The molecule has 0 radical (unpaired) electrons. The van der Waals surface area contributed by atoms with E-state index >= 15 is 0 Å². The van der Waals surface area contributed by atoms with Crippen molar-refractivity contribution < 1.29 is 4.39 Å². The minimum Gasteiger partial charge on any atom is -0.236 e. The number of hydrogen-bond donors (Lipinski definition) is 0. The summed E-state index contributed by atoms with van der Waals surface area (Å²) < 4.78 is 14.5. The summed E-state index contributed by atoms with van der Waals surface area (Å²) in [7, 11) is 0. The highest BCUT2D eigenvalue weighted by molar-refractivity contribution is 5.55. The number of halogens is 1. The molecule has 1 saturated carbocycles. The number of unbranched alkanes of at least 4 members (excludes halogenated alkanes) is 6. The van der Waals surface area contributed by atoms with Crippen molar-refractivity contribution in [2.45, 2.75) is 110 Å². The molecule has 0 atom stereocenters. The summed E-state index contributed by atoms with van der Waals surface area (Å²) in [6.07, 6.45) is 21.5. The average molecular weight is 425 g/mol. The maximum absolute atomic E-state index is 14.5. The van der Waals surface area contributed by atoms with E-state index in [0.717, 1.165) is 29.9 Å². The Hall–Kier alpha value is -1.77. The summed E-state index contributed by atoms with van der Waals surface area (Å²) in [4.78, 5) is 9.19. The lowest BCUT2D eigenvalue weighted by molar-refractivity contribution is 0.301. The number of nitrogens with zero attached hydrogens (tertiary/aromatic N) is 2. The normalized spacial score (nSPS) is 18.9. The molecular weight excluding hydrogens is 383 g/mol. The molecule has 0 spiro atoms. The Morgan fingerprint density at radius 2 is 1.52 bits per heavy atom. The summed E-state index contributed by atoms with van der Waals surface area (Å²) in [6.45, 7) is 4.47. The first-order valence-electron chi connectivity index (χ1n) is 12.8. The van der Waals surface area contributed by atoms with Crippen LogP contribution in [-0.2, 0) is 6.42 Å². The standard InChI is InChI=1S/C28H41FN2/c1-3-5-7-9-11-22-13-15-23(16-14-22)26-20-30-28(31-21-26)25-18-17-24(27(29)19-25)12-10-8-6-4-2/h17-23H,3-16H2,1-2H3/t22-,23-. The van der Waals surface area contributed by atoms with Crippen molar-refractivity contribution in [3.63, 3.8) is 0 Å². The first-order valence-corrected chi connectivity index (χ1v) is 12.8. The monoisotopic (exact) mass is 424 g/mol. The van der Waals surface area contributed by atoms with Crippen LogP contribution in [0.15, 0.2) is 30.6 Å². The van der Waals surface area contributed by atoms with Crippen molar-refractivity contribution in [2.75, 3.05) is 0 Å². The molecule has 0 aliphatic heterocycles. The van der Waals surface area contributed by atoms with E-state index < -0.39 is 0 Å². The van der Waals surface area contributed by atoms with E-state index in [4.69, 9.17) is 0 Å². The lowest BCUT2D eigenvalue weighted by Gasteiger charge is -2.28. The fourth-order valence-corrected chi connectivity index (χ4v) is 4.97. The molecule has 0 unspecified atom stereocenters. The van der Waals surface area contributed by atoms with Gasteiger partial charge < -0.3 is 0 Å². The van der Waals surface area contributed by atoms with Crippen LogP contribution in [0.1, 0.15) is 114 Å². The van der Waals surface area contributed by atoms with E-state index in [0.29, 0.717) is 11.7 Å². The van der Waals surface area contributed by atoms with Crippen molar-refractivity contribution >= 4 is 0 Å². The molecule has 170 valence electrons. The third kappa shape index (κ3) is 7.40. The molecule has 1 aliphatic rings. The molecule has 1 fully saturated rings. The van der Waals surface area contributed by atoms with Crippen LogP contribution in [0.3, 0.4) is 0 Å². The number of hydrogen-bond acceptors (Lipinski definition) is 2. The number of rotatable bonds is 12. The zero-order valence-corrected chi connectivity index (χ0v) is 19.7. The Labute approximate surface area is 189 Å². The lowest BCUT2D eigenvalue weighted by atomic mass is 9.77. The highest BCUT2D eigenvalue weighted by Gasteiger charge is 2.22. The van der Waals surface area contributed by atoms with Crippen molar-refractivity contribution in [3.8, 4) is 11.4 Å². The van der Waals surface area contributed by atoms with E-state index in [-0.39, 0.29) is 5.82 Å². The fourth-order valence-electron chi connectivity index (χ4n) is 4.97. The fraction of sp³-hybridized carbons (Fsp3) is 0.643. The van der Waals surface area contributed by atoms with Crippen LogP contribution >= 0.6 is 0 Å². The molecule has 0 N–H and O–H groups in total.